The first-order chi connectivity index (χ1) is 11.9. The van der Waals surface area contributed by atoms with E-state index in [1.54, 1.807) is 22.7 Å². The quantitative estimate of drug-likeness (QED) is 0.885. The number of nitrogens with zero attached hydrogens (tertiary/aromatic N) is 1. The van der Waals surface area contributed by atoms with Crippen LogP contribution in [0.3, 0.4) is 0 Å². The molecule has 1 aliphatic heterocycles. The molecular formula is C17H17FN2O3S2. The number of nitrogens with one attached hydrogen (secondary N) is 1. The van der Waals surface area contributed by atoms with Gasteiger partial charge in [0.05, 0.1) is 16.3 Å². The minimum atomic E-state index is -3.89. The van der Waals surface area contributed by atoms with Gasteiger partial charge in [0.1, 0.15) is 5.82 Å². The van der Waals surface area contributed by atoms with Crippen molar-refractivity contribution in [3.05, 3.63) is 48.3 Å². The van der Waals surface area contributed by atoms with Crippen molar-refractivity contribution in [3.63, 3.8) is 0 Å². The van der Waals surface area contributed by atoms with Crippen LogP contribution in [-0.4, -0.2) is 26.6 Å². The average Bonchev–Trinajstić information content (AvgIpc) is 2.76. The van der Waals surface area contributed by atoms with Gasteiger partial charge in [0.15, 0.2) is 0 Å². The predicted octanol–water partition coefficient (Wildman–Crippen LogP) is 3.48. The van der Waals surface area contributed by atoms with Crippen LogP contribution in [0.2, 0.25) is 0 Å². The monoisotopic (exact) mass is 380 g/mol. The molecule has 132 valence electrons. The molecule has 1 N–H and O–H groups in total. The van der Waals surface area contributed by atoms with Gasteiger partial charge in [-0.3, -0.25) is 9.52 Å². The van der Waals surface area contributed by atoms with Gasteiger partial charge < -0.3 is 4.90 Å². The Hall–Kier alpha value is -2.06. The van der Waals surface area contributed by atoms with E-state index in [0.29, 0.717) is 12.2 Å². The number of fused-ring (bicyclic) bond motifs is 1. The second-order valence-electron chi connectivity index (χ2n) is 5.62. The lowest BCUT2D eigenvalue weighted by Gasteiger charge is -2.21. The van der Waals surface area contributed by atoms with Crippen molar-refractivity contribution in [1.29, 1.82) is 0 Å². The Morgan fingerprint density at radius 2 is 2.04 bits per heavy atom. The standard InChI is InChI=1S/C17H17FN2O3S2/c1-12(21)20-8-3-9-24-17-7-6-15(11-16(17)20)25(22,23)19-14-5-2-4-13(18)10-14/h2,4-7,10-11,19H,3,8-9H2,1H3. The molecule has 0 bridgehead atoms. The fourth-order valence-electron chi connectivity index (χ4n) is 2.62. The first-order valence-electron chi connectivity index (χ1n) is 7.70. The highest BCUT2D eigenvalue weighted by molar-refractivity contribution is 7.99. The number of hydrogen-bond acceptors (Lipinski definition) is 4. The van der Waals surface area contributed by atoms with Gasteiger partial charge in [-0.15, -0.1) is 11.8 Å². The molecule has 1 heterocycles. The van der Waals surface area contributed by atoms with E-state index in [-0.39, 0.29) is 16.5 Å². The van der Waals surface area contributed by atoms with Crippen molar-refractivity contribution < 1.29 is 17.6 Å². The van der Waals surface area contributed by atoms with E-state index in [0.717, 1.165) is 23.1 Å². The van der Waals surface area contributed by atoms with Gasteiger partial charge in [-0.25, -0.2) is 12.8 Å². The summed E-state index contributed by atoms with van der Waals surface area (Å²) in [6.45, 7) is 2.02. The number of rotatable bonds is 3. The van der Waals surface area contributed by atoms with E-state index in [2.05, 4.69) is 4.72 Å². The molecule has 0 fully saturated rings. The summed E-state index contributed by atoms with van der Waals surface area (Å²) in [5.74, 6) is 0.211. The molecule has 0 saturated heterocycles. The van der Waals surface area contributed by atoms with Crippen LogP contribution in [-0.2, 0) is 14.8 Å². The fourth-order valence-corrected chi connectivity index (χ4v) is 4.66. The van der Waals surface area contributed by atoms with Gasteiger partial charge >= 0.3 is 0 Å². The number of benzene rings is 2. The summed E-state index contributed by atoms with van der Waals surface area (Å²) in [5, 5.41) is 0. The van der Waals surface area contributed by atoms with Gasteiger partial charge in [0, 0.05) is 18.4 Å². The Kier molecular flexibility index (Phi) is 5.01. The van der Waals surface area contributed by atoms with Crippen LogP contribution in [0.1, 0.15) is 13.3 Å². The topological polar surface area (TPSA) is 66.5 Å². The molecule has 0 aromatic heterocycles. The maximum absolute atomic E-state index is 13.3. The zero-order chi connectivity index (χ0) is 18.0. The number of hydrogen-bond donors (Lipinski definition) is 1. The van der Waals surface area contributed by atoms with Crippen molar-refractivity contribution in [2.24, 2.45) is 0 Å². The summed E-state index contributed by atoms with van der Waals surface area (Å²) in [7, 11) is -3.89. The van der Waals surface area contributed by atoms with Crippen LogP contribution in [0.4, 0.5) is 15.8 Å². The molecule has 0 aliphatic carbocycles. The summed E-state index contributed by atoms with van der Waals surface area (Å²) in [5.41, 5.74) is 0.741. The number of amides is 1. The van der Waals surface area contributed by atoms with Gasteiger partial charge in [-0.1, -0.05) is 6.07 Å². The van der Waals surface area contributed by atoms with E-state index in [4.69, 9.17) is 0 Å². The summed E-state index contributed by atoms with van der Waals surface area (Å²) < 4.78 is 40.9. The molecule has 0 unspecified atom stereocenters. The molecule has 0 atom stereocenters. The average molecular weight is 380 g/mol. The van der Waals surface area contributed by atoms with Crippen LogP contribution >= 0.6 is 11.8 Å². The van der Waals surface area contributed by atoms with Gasteiger partial charge in [-0.05, 0) is 48.6 Å². The molecule has 0 radical (unpaired) electrons. The van der Waals surface area contributed by atoms with Gasteiger partial charge in [-0.2, -0.15) is 0 Å². The molecule has 3 rings (SSSR count). The number of carbonyl (C=O) groups is 1. The highest BCUT2D eigenvalue weighted by Gasteiger charge is 2.23. The van der Waals surface area contributed by atoms with Crippen molar-refractivity contribution in [2.45, 2.75) is 23.1 Å². The first kappa shape index (κ1) is 17.8. The molecule has 1 amide bonds. The van der Waals surface area contributed by atoms with E-state index in [1.807, 2.05) is 0 Å². The van der Waals surface area contributed by atoms with Crippen molar-refractivity contribution >= 4 is 39.1 Å². The molecule has 8 heteroatoms. The van der Waals surface area contributed by atoms with E-state index in [1.165, 1.54) is 37.3 Å². The molecular weight excluding hydrogens is 363 g/mol. The molecule has 1 aliphatic rings. The lowest BCUT2D eigenvalue weighted by Crippen LogP contribution is -2.29. The highest BCUT2D eigenvalue weighted by atomic mass is 32.2. The smallest absolute Gasteiger partial charge is 0.261 e. The minimum absolute atomic E-state index is 0.0317. The third-order valence-corrected chi connectivity index (χ3v) is 6.30. The third kappa shape index (κ3) is 3.96. The van der Waals surface area contributed by atoms with Gasteiger partial charge in [0.25, 0.3) is 10.0 Å². The van der Waals surface area contributed by atoms with Crippen molar-refractivity contribution in [2.75, 3.05) is 21.9 Å². The van der Waals surface area contributed by atoms with Crippen LogP contribution < -0.4 is 9.62 Å². The molecule has 0 spiro atoms. The second-order valence-corrected chi connectivity index (χ2v) is 8.44. The van der Waals surface area contributed by atoms with E-state index in [9.17, 15) is 17.6 Å². The maximum atomic E-state index is 13.3. The van der Waals surface area contributed by atoms with Crippen LogP contribution in [0.25, 0.3) is 0 Å². The Bertz CT molecular complexity index is 916. The fraction of sp³-hybridized carbons (Fsp3) is 0.235. The van der Waals surface area contributed by atoms with Crippen molar-refractivity contribution in [3.8, 4) is 0 Å². The molecule has 2 aromatic carbocycles. The lowest BCUT2D eigenvalue weighted by atomic mass is 10.2. The second kappa shape index (κ2) is 7.05. The third-order valence-electron chi connectivity index (χ3n) is 3.77. The largest absolute Gasteiger partial charge is 0.311 e. The summed E-state index contributed by atoms with van der Waals surface area (Å²) in [6.07, 6.45) is 0.836. The molecule has 2 aromatic rings. The van der Waals surface area contributed by atoms with Crippen LogP contribution in [0.5, 0.6) is 0 Å². The molecule has 0 saturated carbocycles. The molecule has 25 heavy (non-hydrogen) atoms. The normalized spacial score (nSPS) is 14.6. The number of halogens is 1. The Morgan fingerprint density at radius 3 is 2.76 bits per heavy atom. The van der Waals surface area contributed by atoms with Crippen molar-refractivity contribution in [1.82, 2.24) is 0 Å². The van der Waals surface area contributed by atoms with Crippen LogP contribution in [0.15, 0.2) is 52.3 Å². The highest BCUT2D eigenvalue weighted by Crippen LogP contribution is 2.36. The maximum Gasteiger partial charge on any atom is 0.261 e. The van der Waals surface area contributed by atoms with Crippen LogP contribution in [0, 0.1) is 5.82 Å². The van der Waals surface area contributed by atoms with E-state index >= 15 is 0 Å². The summed E-state index contributed by atoms with van der Waals surface area (Å²) in [4.78, 5) is 14.4. The first-order valence-corrected chi connectivity index (χ1v) is 10.2. The summed E-state index contributed by atoms with van der Waals surface area (Å²) in [6, 6.07) is 9.95. The van der Waals surface area contributed by atoms with E-state index < -0.39 is 15.8 Å². The Morgan fingerprint density at radius 1 is 1.24 bits per heavy atom. The summed E-state index contributed by atoms with van der Waals surface area (Å²) >= 11 is 1.60. The zero-order valence-electron chi connectivity index (χ0n) is 13.5. The Balaban J connectivity index is 1.98. The minimum Gasteiger partial charge on any atom is -0.311 e. The molecule has 5 nitrogen and oxygen atoms in total. The number of thioether (sulfide) groups is 1. The van der Waals surface area contributed by atoms with Gasteiger partial charge in [0.2, 0.25) is 5.91 Å². The number of sulfonamides is 1. The SMILES string of the molecule is CC(=O)N1CCCSc2ccc(S(=O)(=O)Nc3cccc(F)c3)cc21. The predicted molar refractivity (Wildman–Crippen MR) is 97.0 cm³/mol. The Labute approximate surface area is 150 Å². The zero-order valence-corrected chi connectivity index (χ0v) is 15.2. The number of carbonyl (C=O) groups excluding carboxylic acids is 1. The number of anilines is 2. The lowest BCUT2D eigenvalue weighted by molar-refractivity contribution is -0.116.